The number of nitrogens with one attached hydrogen (secondary N) is 1. The minimum Gasteiger partial charge on any atom is -0.496 e. The van der Waals surface area contributed by atoms with Crippen molar-refractivity contribution in [1.29, 1.82) is 5.41 Å². The smallest absolute Gasteiger partial charge is 0.129 e. The molecule has 0 saturated heterocycles. The summed E-state index contributed by atoms with van der Waals surface area (Å²) in [4.78, 5) is 2.46. The van der Waals surface area contributed by atoms with Gasteiger partial charge in [-0.3, -0.25) is 10.3 Å². The molecule has 1 aromatic rings. The number of nitrogen functional groups attached to an aromatic ring is 1. The number of hydrogen-bond donors (Lipinski definition) is 2. The van der Waals surface area contributed by atoms with Crippen LogP contribution in [0, 0.1) is 5.41 Å². The average Bonchev–Trinajstić information content (AvgIpc) is 2.46. The summed E-state index contributed by atoms with van der Waals surface area (Å²) in [6.07, 6.45) is 3.73. The zero-order chi connectivity index (χ0) is 15.8. The zero-order valence-corrected chi connectivity index (χ0v) is 13.8. The Kier molecular flexibility index (Phi) is 7.23. The molecule has 0 bridgehead atoms. The Bertz CT molecular complexity index is 457. The number of unbranched alkanes of at least 4 members (excludes halogenated alkanes) is 2. The van der Waals surface area contributed by atoms with Crippen LogP contribution in [-0.4, -0.2) is 30.4 Å². The van der Waals surface area contributed by atoms with Crippen LogP contribution in [0.2, 0.25) is 0 Å². The van der Waals surface area contributed by atoms with Gasteiger partial charge in [0.1, 0.15) is 11.6 Å². The summed E-state index contributed by atoms with van der Waals surface area (Å²) in [6, 6.07) is 6.43. The Hall–Kier alpha value is -1.55. The van der Waals surface area contributed by atoms with Crippen LogP contribution in [-0.2, 0) is 6.54 Å². The third-order valence-corrected chi connectivity index (χ3v) is 3.72. The molecule has 0 spiro atoms. The van der Waals surface area contributed by atoms with Crippen LogP contribution in [0.5, 0.6) is 5.75 Å². The van der Waals surface area contributed by atoms with E-state index in [1.807, 2.05) is 12.1 Å². The molecule has 1 rings (SSSR count). The number of ether oxygens (including phenoxy) is 1. The average molecular weight is 291 g/mol. The monoisotopic (exact) mass is 291 g/mol. The van der Waals surface area contributed by atoms with Crippen molar-refractivity contribution in [3.63, 3.8) is 0 Å². The van der Waals surface area contributed by atoms with E-state index >= 15 is 0 Å². The van der Waals surface area contributed by atoms with Crippen molar-refractivity contribution in [2.75, 3.05) is 13.7 Å². The summed E-state index contributed by atoms with van der Waals surface area (Å²) >= 11 is 0. The molecule has 118 valence electrons. The lowest BCUT2D eigenvalue weighted by Gasteiger charge is -2.27. The summed E-state index contributed by atoms with van der Waals surface area (Å²) in [7, 11) is 1.60. The van der Waals surface area contributed by atoms with E-state index in [1.54, 1.807) is 7.11 Å². The Morgan fingerprint density at radius 3 is 2.57 bits per heavy atom. The number of hydrogen-bond acceptors (Lipinski definition) is 3. The molecule has 0 heterocycles. The first-order valence-corrected chi connectivity index (χ1v) is 7.75. The van der Waals surface area contributed by atoms with Gasteiger partial charge in [0.2, 0.25) is 0 Å². The fraction of sp³-hybridized carbons (Fsp3) is 0.588. The zero-order valence-electron chi connectivity index (χ0n) is 13.8. The summed E-state index contributed by atoms with van der Waals surface area (Å²) in [5.41, 5.74) is 7.48. The van der Waals surface area contributed by atoms with E-state index in [1.165, 1.54) is 24.8 Å². The molecule has 0 saturated carbocycles. The summed E-state index contributed by atoms with van der Waals surface area (Å²) in [6.45, 7) is 8.66. The molecule has 4 heteroatoms. The first-order chi connectivity index (χ1) is 9.99. The Morgan fingerprint density at radius 2 is 2.05 bits per heavy atom. The third kappa shape index (κ3) is 5.38. The maximum atomic E-state index is 7.66. The predicted molar refractivity (Wildman–Crippen MR) is 89.1 cm³/mol. The minimum atomic E-state index is 0.0516. The molecule has 4 nitrogen and oxygen atoms in total. The molecular weight excluding hydrogens is 262 g/mol. The molecule has 0 fully saturated rings. The van der Waals surface area contributed by atoms with E-state index in [2.05, 4.69) is 31.7 Å². The standard InChI is InChI=1S/C17H29N3O/c1-5-6-7-10-20(13(2)3)12-14-8-9-16(21-4)15(11-14)17(18)19/h8-9,11,13H,5-7,10,12H2,1-4H3,(H3,18,19). The van der Waals surface area contributed by atoms with Crippen LogP contribution < -0.4 is 10.5 Å². The summed E-state index contributed by atoms with van der Waals surface area (Å²) < 4.78 is 5.26. The Labute approximate surface area is 128 Å². The molecule has 0 amide bonds. The van der Waals surface area contributed by atoms with E-state index in [0.29, 0.717) is 17.4 Å². The number of rotatable bonds is 9. The van der Waals surface area contributed by atoms with Crippen molar-refractivity contribution in [2.24, 2.45) is 5.73 Å². The highest BCUT2D eigenvalue weighted by atomic mass is 16.5. The highest BCUT2D eigenvalue weighted by Crippen LogP contribution is 2.21. The van der Waals surface area contributed by atoms with Gasteiger partial charge < -0.3 is 10.5 Å². The second-order valence-electron chi connectivity index (χ2n) is 5.72. The van der Waals surface area contributed by atoms with Gasteiger partial charge >= 0.3 is 0 Å². The van der Waals surface area contributed by atoms with Crippen LogP contribution >= 0.6 is 0 Å². The van der Waals surface area contributed by atoms with E-state index in [4.69, 9.17) is 15.9 Å². The van der Waals surface area contributed by atoms with Crippen LogP contribution in [0.25, 0.3) is 0 Å². The van der Waals surface area contributed by atoms with E-state index < -0.39 is 0 Å². The van der Waals surface area contributed by atoms with Crippen LogP contribution in [0.3, 0.4) is 0 Å². The quantitative estimate of drug-likeness (QED) is 0.416. The molecule has 21 heavy (non-hydrogen) atoms. The van der Waals surface area contributed by atoms with Crippen molar-refractivity contribution in [2.45, 2.75) is 52.6 Å². The maximum absolute atomic E-state index is 7.66. The molecule has 3 N–H and O–H groups in total. The van der Waals surface area contributed by atoms with Gasteiger partial charge in [0.25, 0.3) is 0 Å². The highest BCUT2D eigenvalue weighted by molar-refractivity contribution is 5.97. The molecule has 0 aliphatic carbocycles. The van der Waals surface area contributed by atoms with Crippen LogP contribution in [0.15, 0.2) is 18.2 Å². The first-order valence-electron chi connectivity index (χ1n) is 7.75. The lowest BCUT2D eigenvalue weighted by molar-refractivity contribution is 0.208. The van der Waals surface area contributed by atoms with E-state index in [-0.39, 0.29) is 5.84 Å². The normalized spacial score (nSPS) is 11.1. The molecule has 0 aliphatic heterocycles. The number of nitrogens with two attached hydrogens (primary N) is 1. The molecule has 1 aromatic carbocycles. The van der Waals surface area contributed by atoms with Gasteiger partial charge in [0, 0.05) is 12.6 Å². The van der Waals surface area contributed by atoms with Gasteiger partial charge in [-0.2, -0.15) is 0 Å². The van der Waals surface area contributed by atoms with Gasteiger partial charge in [0.05, 0.1) is 12.7 Å². The lowest BCUT2D eigenvalue weighted by Crippen LogP contribution is -2.31. The van der Waals surface area contributed by atoms with E-state index in [0.717, 1.165) is 13.1 Å². The molecule has 0 radical (unpaired) electrons. The van der Waals surface area contributed by atoms with Gasteiger partial charge in [-0.1, -0.05) is 25.8 Å². The van der Waals surface area contributed by atoms with Gasteiger partial charge in [0.15, 0.2) is 0 Å². The Balaban J connectivity index is 2.83. The van der Waals surface area contributed by atoms with Crippen molar-refractivity contribution >= 4 is 5.84 Å². The second-order valence-corrected chi connectivity index (χ2v) is 5.72. The fourth-order valence-corrected chi connectivity index (χ4v) is 2.38. The summed E-state index contributed by atoms with van der Waals surface area (Å²) in [5.74, 6) is 0.712. The second kappa shape index (κ2) is 8.67. The van der Waals surface area contributed by atoms with Crippen molar-refractivity contribution in [3.8, 4) is 5.75 Å². The summed E-state index contributed by atoms with van der Waals surface area (Å²) in [5, 5.41) is 7.66. The lowest BCUT2D eigenvalue weighted by atomic mass is 10.1. The number of amidine groups is 1. The number of nitrogens with zero attached hydrogens (tertiary/aromatic N) is 1. The SMILES string of the molecule is CCCCCN(Cc1ccc(OC)c(C(=N)N)c1)C(C)C. The molecule has 0 atom stereocenters. The fourth-order valence-electron chi connectivity index (χ4n) is 2.38. The van der Waals surface area contributed by atoms with Crippen LogP contribution in [0.1, 0.15) is 51.2 Å². The predicted octanol–water partition coefficient (Wildman–Crippen LogP) is 3.38. The first kappa shape index (κ1) is 17.5. The van der Waals surface area contributed by atoms with Gasteiger partial charge in [-0.25, -0.2) is 0 Å². The van der Waals surface area contributed by atoms with Crippen molar-refractivity contribution in [3.05, 3.63) is 29.3 Å². The third-order valence-electron chi connectivity index (χ3n) is 3.72. The van der Waals surface area contributed by atoms with Crippen molar-refractivity contribution < 1.29 is 4.74 Å². The van der Waals surface area contributed by atoms with Gasteiger partial charge in [-0.05, 0) is 44.5 Å². The molecular formula is C17H29N3O. The van der Waals surface area contributed by atoms with Gasteiger partial charge in [-0.15, -0.1) is 0 Å². The van der Waals surface area contributed by atoms with Crippen molar-refractivity contribution in [1.82, 2.24) is 4.90 Å². The minimum absolute atomic E-state index is 0.0516. The van der Waals surface area contributed by atoms with Crippen LogP contribution in [0.4, 0.5) is 0 Å². The molecule has 0 aromatic heterocycles. The maximum Gasteiger partial charge on any atom is 0.129 e. The molecule has 0 unspecified atom stereocenters. The largest absolute Gasteiger partial charge is 0.496 e. The Morgan fingerprint density at radius 1 is 1.33 bits per heavy atom. The highest BCUT2D eigenvalue weighted by Gasteiger charge is 2.12. The number of benzene rings is 1. The molecule has 0 aliphatic rings. The van der Waals surface area contributed by atoms with E-state index in [9.17, 15) is 0 Å². The topological polar surface area (TPSA) is 62.3 Å². The number of methoxy groups -OCH3 is 1.